The van der Waals surface area contributed by atoms with Crippen molar-refractivity contribution in [1.82, 2.24) is 29.7 Å². The average Bonchev–Trinajstić information content (AvgIpc) is 2.77. The zero-order valence-corrected chi connectivity index (χ0v) is 16.1. The van der Waals surface area contributed by atoms with Crippen LogP contribution in [0.15, 0.2) is 61.1 Å². The van der Waals surface area contributed by atoms with Gasteiger partial charge in [0.2, 0.25) is 0 Å². The number of nitrogens with one attached hydrogen (secondary N) is 3. The first kappa shape index (κ1) is 18.1. The van der Waals surface area contributed by atoms with Crippen molar-refractivity contribution in [1.29, 1.82) is 0 Å². The van der Waals surface area contributed by atoms with E-state index in [4.69, 9.17) is 5.11 Å². The summed E-state index contributed by atoms with van der Waals surface area (Å²) in [6.07, 6.45) is 5.16. The zero-order valence-electron chi connectivity index (χ0n) is 16.1. The predicted molar refractivity (Wildman–Crippen MR) is 116 cm³/mol. The number of aromatic nitrogens is 6. The third kappa shape index (κ3) is 3.65. The number of hydrogen-bond acceptors (Lipinski definition) is 7. The van der Waals surface area contributed by atoms with Gasteiger partial charge in [-0.1, -0.05) is 12.1 Å². The van der Waals surface area contributed by atoms with E-state index < -0.39 is 0 Å². The van der Waals surface area contributed by atoms with Crippen molar-refractivity contribution >= 4 is 39.5 Å². The van der Waals surface area contributed by atoms with Gasteiger partial charge in [0.25, 0.3) is 0 Å². The number of H-pyrrole nitrogens is 1. The van der Waals surface area contributed by atoms with Crippen molar-refractivity contribution in [2.75, 3.05) is 23.8 Å². The van der Waals surface area contributed by atoms with Gasteiger partial charge in [0, 0.05) is 36.1 Å². The highest BCUT2D eigenvalue weighted by molar-refractivity contribution is 5.79. The SMILES string of the molecule is OCCNc1ccnc(Nc2cnc3[nH]n(Cc4ccc5ncccc5c4)c3n2)c1. The Bertz CT molecular complexity index is 1310. The standard InChI is InChI=1S/C21H20N8O/c30-9-8-22-16-5-7-24-18(11-16)26-19-12-25-20-21(27-19)29(28-20)13-14-3-4-17-15(10-14)2-1-6-23-17/h1-7,10-12,30H,8-9,13H2,(H,25,28)(H2,22,24,26,27). The van der Waals surface area contributed by atoms with Crippen molar-refractivity contribution in [3.8, 4) is 0 Å². The van der Waals surface area contributed by atoms with Gasteiger partial charge in [-0.15, -0.1) is 0 Å². The molecule has 0 radical (unpaired) electrons. The maximum absolute atomic E-state index is 8.95. The van der Waals surface area contributed by atoms with Crippen LogP contribution in [0.1, 0.15) is 5.56 Å². The molecule has 0 unspecified atom stereocenters. The molecule has 5 aromatic rings. The number of nitrogens with zero attached hydrogens (tertiary/aromatic N) is 5. The van der Waals surface area contributed by atoms with Crippen LogP contribution in [0.5, 0.6) is 0 Å². The van der Waals surface area contributed by atoms with E-state index in [1.807, 2.05) is 28.9 Å². The summed E-state index contributed by atoms with van der Waals surface area (Å²) in [4.78, 5) is 17.7. The fraction of sp³-hybridized carbons (Fsp3) is 0.143. The first-order valence-corrected chi connectivity index (χ1v) is 9.61. The molecular weight excluding hydrogens is 380 g/mol. The van der Waals surface area contributed by atoms with E-state index in [2.05, 4.69) is 53.9 Å². The maximum atomic E-state index is 8.95. The quantitative estimate of drug-likeness (QED) is 0.332. The Morgan fingerprint density at radius 1 is 1.00 bits per heavy atom. The number of anilines is 3. The highest BCUT2D eigenvalue weighted by Gasteiger charge is 2.11. The second kappa shape index (κ2) is 7.80. The second-order valence-electron chi connectivity index (χ2n) is 6.86. The molecule has 0 saturated carbocycles. The lowest BCUT2D eigenvalue weighted by Crippen LogP contribution is -2.15. The number of aliphatic hydroxyl groups is 1. The zero-order chi connectivity index (χ0) is 20.3. The fourth-order valence-electron chi connectivity index (χ4n) is 3.30. The number of benzene rings is 1. The molecule has 0 spiro atoms. The monoisotopic (exact) mass is 400 g/mol. The van der Waals surface area contributed by atoms with Gasteiger partial charge in [0.1, 0.15) is 5.82 Å². The number of fused-ring (bicyclic) bond motifs is 2. The lowest BCUT2D eigenvalue weighted by atomic mass is 10.1. The highest BCUT2D eigenvalue weighted by atomic mass is 16.3. The summed E-state index contributed by atoms with van der Waals surface area (Å²) < 4.78 is 1.96. The topological polar surface area (TPSA) is 117 Å². The molecule has 0 fully saturated rings. The van der Waals surface area contributed by atoms with Gasteiger partial charge in [0.15, 0.2) is 17.1 Å². The van der Waals surface area contributed by atoms with Crippen LogP contribution in [-0.4, -0.2) is 48.0 Å². The van der Waals surface area contributed by atoms with Crippen LogP contribution < -0.4 is 10.6 Å². The number of hydrogen-bond donors (Lipinski definition) is 4. The van der Waals surface area contributed by atoms with E-state index in [1.54, 1.807) is 18.6 Å². The summed E-state index contributed by atoms with van der Waals surface area (Å²) in [6, 6.07) is 13.9. The molecular formula is C21H20N8O. The number of aliphatic hydroxyl groups excluding tert-OH is 1. The molecule has 0 atom stereocenters. The molecule has 0 aliphatic carbocycles. The molecule has 150 valence electrons. The minimum atomic E-state index is 0.0674. The van der Waals surface area contributed by atoms with Crippen LogP contribution in [0.25, 0.3) is 22.2 Å². The lowest BCUT2D eigenvalue weighted by Gasteiger charge is -2.16. The Kier molecular flexibility index (Phi) is 4.70. The lowest BCUT2D eigenvalue weighted by molar-refractivity contribution is 0.311. The molecule has 9 heteroatoms. The van der Waals surface area contributed by atoms with E-state index in [-0.39, 0.29) is 6.61 Å². The molecule has 0 amide bonds. The third-order valence-electron chi connectivity index (χ3n) is 4.72. The molecule has 9 nitrogen and oxygen atoms in total. The second-order valence-corrected chi connectivity index (χ2v) is 6.86. The smallest absolute Gasteiger partial charge is 0.194 e. The van der Waals surface area contributed by atoms with Crippen LogP contribution in [0.2, 0.25) is 0 Å². The van der Waals surface area contributed by atoms with E-state index in [0.717, 1.165) is 33.4 Å². The summed E-state index contributed by atoms with van der Waals surface area (Å²) in [6.45, 7) is 1.21. The molecule has 0 aliphatic heterocycles. The van der Waals surface area contributed by atoms with Crippen molar-refractivity contribution in [2.45, 2.75) is 6.54 Å². The molecule has 1 aromatic carbocycles. The van der Waals surface area contributed by atoms with Gasteiger partial charge in [0.05, 0.1) is 24.9 Å². The maximum Gasteiger partial charge on any atom is 0.194 e. The molecule has 4 N–H and O–H groups in total. The Hall–Kier alpha value is -3.98. The summed E-state index contributed by atoms with van der Waals surface area (Å²) in [5.74, 6) is 1.25. The first-order chi connectivity index (χ1) is 14.8. The van der Waals surface area contributed by atoms with E-state index >= 15 is 0 Å². The summed E-state index contributed by atoms with van der Waals surface area (Å²) in [5, 5.41) is 19.6. The van der Waals surface area contributed by atoms with E-state index in [9.17, 15) is 0 Å². The van der Waals surface area contributed by atoms with Gasteiger partial charge >= 0.3 is 0 Å². The van der Waals surface area contributed by atoms with Crippen LogP contribution >= 0.6 is 0 Å². The van der Waals surface area contributed by atoms with Crippen molar-refractivity contribution in [3.63, 3.8) is 0 Å². The summed E-state index contributed by atoms with van der Waals surface area (Å²) >= 11 is 0. The molecule has 0 bridgehead atoms. The fourth-order valence-corrected chi connectivity index (χ4v) is 3.30. The van der Waals surface area contributed by atoms with Crippen molar-refractivity contribution in [2.24, 2.45) is 0 Å². The Morgan fingerprint density at radius 2 is 1.97 bits per heavy atom. The van der Waals surface area contributed by atoms with Gasteiger partial charge < -0.3 is 15.7 Å². The number of aromatic amines is 1. The normalized spacial score (nSPS) is 11.2. The molecule has 4 aromatic heterocycles. The summed E-state index contributed by atoms with van der Waals surface area (Å²) in [7, 11) is 0. The van der Waals surface area contributed by atoms with Gasteiger partial charge in [-0.2, -0.15) is 0 Å². The van der Waals surface area contributed by atoms with Crippen molar-refractivity contribution < 1.29 is 5.11 Å². The van der Waals surface area contributed by atoms with Gasteiger partial charge in [-0.05, 0) is 29.8 Å². The Labute approximate surface area is 171 Å². The van der Waals surface area contributed by atoms with Crippen molar-refractivity contribution in [3.05, 3.63) is 66.6 Å². The first-order valence-electron chi connectivity index (χ1n) is 9.61. The average molecular weight is 400 g/mol. The number of rotatable bonds is 7. The van der Waals surface area contributed by atoms with Gasteiger partial charge in [-0.25, -0.2) is 15.0 Å². The Balaban J connectivity index is 1.35. The molecule has 30 heavy (non-hydrogen) atoms. The largest absolute Gasteiger partial charge is 0.395 e. The highest BCUT2D eigenvalue weighted by Crippen LogP contribution is 2.20. The minimum absolute atomic E-state index is 0.0674. The molecule has 4 heterocycles. The third-order valence-corrected chi connectivity index (χ3v) is 4.72. The Morgan fingerprint density at radius 3 is 2.90 bits per heavy atom. The van der Waals surface area contributed by atoms with E-state index in [0.29, 0.717) is 24.7 Å². The molecule has 0 aliphatic rings. The summed E-state index contributed by atoms with van der Waals surface area (Å²) in [5.41, 5.74) is 4.52. The van der Waals surface area contributed by atoms with E-state index in [1.165, 1.54) is 0 Å². The molecule has 5 rings (SSSR count). The van der Waals surface area contributed by atoms with Crippen LogP contribution in [0, 0.1) is 0 Å². The predicted octanol–water partition coefficient (Wildman–Crippen LogP) is 2.90. The van der Waals surface area contributed by atoms with Crippen LogP contribution in [0.3, 0.4) is 0 Å². The molecule has 0 saturated heterocycles. The van der Waals surface area contributed by atoms with Gasteiger partial charge in [-0.3, -0.25) is 14.8 Å². The number of pyridine rings is 2. The van der Waals surface area contributed by atoms with Crippen LogP contribution in [-0.2, 0) is 6.54 Å². The minimum Gasteiger partial charge on any atom is -0.395 e. The van der Waals surface area contributed by atoms with Crippen LogP contribution in [0.4, 0.5) is 17.3 Å².